The largest absolute Gasteiger partial charge is 0.342 e. The molecule has 2 aliphatic rings. The van der Waals surface area contributed by atoms with Crippen molar-refractivity contribution in [3.63, 3.8) is 0 Å². The van der Waals surface area contributed by atoms with Crippen LogP contribution in [0.1, 0.15) is 65.0 Å². The number of rotatable bonds is 11. The lowest BCUT2D eigenvalue weighted by Gasteiger charge is -2.36. The number of hydrogen-bond acceptors (Lipinski definition) is 7. The number of likely N-dealkylation sites (N-methyl/N-ethyl adjacent to an activating group) is 1. The number of pyridine rings is 1. The van der Waals surface area contributed by atoms with E-state index in [2.05, 4.69) is 58.2 Å². The van der Waals surface area contributed by atoms with E-state index in [1.54, 1.807) is 4.90 Å². The molecule has 11 heteroatoms. The molecule has 10 nitrogen and oxygen atoms in total. The van der Waals surface area contributed by atoms with Gasteiger partial charge in [0, 0.05) is 63.9 Å². The maximum atomic E-state index is 14.5. The number of piperazine rings is 1. The zero-order valence-corrected chi connectivity index (χ0v) is 29.8. The van der Waals surface area contributed by atoms with E-state index >= 15 is 0 Å². The van der Waals surface area contributed by atoms with E-state index in [0.717, 1.165) is 50.0 Å². The fourth-order valence-corrected chi connectivity index (χ4v) is 7.52. The van der Waals surface area contributed by atoms with Gasteiger partial charge in [-0.1, -0.05) is 36.4 Å². The molecule has 1 amide bonds. The molecule has 1 aliphatic heterocycles. The van der Waals surface area contributed by atoms with Crippen LogP contribution < -0.4 is 16.6 Å². The standard InChI is InChI=1S/C39H50FN7O3/c1-5-44(6-2)36(48)25-41-32-14-16-33(17-15-32)47-38(49)35-23-31(40)24-42-37(35)46(39(47)50)34-9-7-8-30(22-34)29-12-10-28(11-13-29)26-43-18-20-45(21-19-43)27(3)4/h7-13,22-24,27,32-33,41H,5-6,14-21,25-26H2,1-4H3. The van der Waals surface area contributed by atoms with Crippen LogP contribution in [0.15, 0.2) is 70.4 Å². The van der Waals surface area contributed by atoms with E-state index < -0.39 is 17.1 Å². The Morgan fingerprint density at radius 2 is 1.64 bits per heavy atom. The van der Waals surface area contributed by atoms with Gasteiger partial charge in [0.2, 0.25) is 5.91 Å². The molecule has 50 heavy (non-hydrogen) atoms. The zero-order valence-electron chi connectivity index (χ0n) is 29.8. The van der Waals surface area contributed by atoms with Crippen LogP contribution >= 0.6 is 0 Å². The van der Waals surface area contributed by atoms with Crippen molar-refractivity contribution in [1.29, 1.82) is 0 Å². The highest BCUT2D eigenvalue weighted by Crippen LogP contribution is 2.28. The molecule has 266 valence electrons. The lowest BCUT2D eigenvalue weighted by molar-refractivity contribution is -0.130. The van der Waals surface area contributed by atoms with Gasteiger partial charge in [-0.25, -0.2) is 18.7 Å². The van der Waals surface area contributed by atoms with E-state index in [4.69, 9.17) is 0 Å². The van der Waals surface area contributed by atoms with Crippen LogP contribution in [-0.4, -0.2) is 92.6 Å². The second kappa shape index (κ2) is 15.8. The molecule has 2 aromatic heterocycles. The van der Waals surface area contributed by atoms with E-state index in [-0.39, 0.29) is 35.6 Å². The summed E-state index contributed by atoms with van der Waals surface area (Å²) >= 11 is 0. The van der Waals surface area contributed by atoms with Crippen molar-refractivity contribution in [1.82, 2.24) is 34.1 Å². The van der Waals surface area contributed by atoms with Gasteiger partial charge in [0.1, 0.15) is 5.82 Å². The molecule has 0 atom stereocenters. The Bertz CT molecular complexity index is 1900. The summed E-state index contributed by atoms with van der Waals surface area (Å²) in [7, 11) is 0. The minimum atomic E-state index is -0.632. The van der Waals surface area contributed by atoms with Gasteiger partial charge >= 0.3 is 5.69 Å². The van der Waals surface area contributed by atoms with Crippen LogP contribution in [-0.2, 0) is 11.3 Å². The summed E-state index contributed by atoms with van der Waals surface area (Å²) in [5, 5.41) is 3.44. The van der Waals surface area contributed by atoms with Crippen LogP contribution in [0.25, 0.3) is 27.8 Å². The number of carbonyl (C=O) groups excluding carboxylic acids is 1. The van der Waals surface area contributed by atoms with Crippen molar-refractivity contribution in [2.24, 2.45) is 0 Å². The highest BCUT2D eigenvalue weighted by atomic mass is 19.1. The van der Waals surface area contributed by atoms with Crippen molar-refractivity contribution in [3.8, 4) is 16.8 Å². The molecular weight excluding hydrogens is 633 g/mol. The number of nitrogens with zero attached hydrogens (tertiary/aromatic N) is 6. The highest BCUT2D eigenvalue weighted by molar-refractivity contribution is 5.78. The third kappa shape index (κ3) is 7.75. The van der Waals surface area contributed by atoms with E-state index in [1.165, 1.54) is 20.8 Å². The summed E-state index contributed by atoms with van der Waals surface area (Å²) in [4.78, 5) is 51.7. The van der Waals surface area contributed by atoms with Crippen LogP contribution in [0.4, 0.5) is 4.39 Å². The topological polar surface area (TPSA) is 95.7 Å². The molecule has 2 fully saturated rings. The summed E-state index contributed by atoms with van der Waals surface area (Å²) in [6.45, 7) is 15.2. The van der Waals surface area contributed by atoms with E-state index in [0.29, 0.717) is 50.5 Å². The molecule has 2 aromatic carbocycles. The molecule has 4 aromatic rings. The third-order valence-electron chi connectivity index (χ3n) is 10.5. The quantitative estimate of drug-likeness (QED) is 0.242. The Kier molecular flexibility index (Phi) is 11.2. The second-order valence-corrected chi connectivity index (χ2v) is 13.9. The van der Waals surface area contributed by atoms with E-state index in [9.17, 15) is 18.8 Å². The minimum absolute atomic E-state index is 0.0641. The predicted octanol–water partition coefficient (Wildman–Crippen LogP) is 4.82. The first-order chi connectivity index (χ1) is 24.2. The number of aromatic nitrogens is 3. The third-order valence-corrected chi connectivity index (χ3v) is 10.5. The van der Waals surface area contributed by atoms with Gasteiger partial charge < -0.3 is 10.2 Å². The summed E-state index contributed by atoms with van der Waals surface area (Å²) < 4.78 is 17.2. The molecule has 0 spiro atoms. The fourth-order valence-electron chi connectivity index (χ4n) is 7.52. The smallest absolute Gasteiger partial charge is 0.337 e. The van der Waals surface area contributed by atoms with Crippen LogP contribution in [0.3, 0.4) is 0 Å². The monoisotopic (exact) mass is 683 g/mol. The number of hydrogen-bond donors (Lipinski definition) is 1. The van der Waals surface area contributed by atoms with Gasteiger partial charge in [0.25, 0.3) is 5.56 Å². The number of benzene rings is 2. The Labute approximate surface area is 293 Å². The summed E-state index contributed by atoms with van der Waals surface area (Å²) in [6.07, 6.45) is 3.63. The maximum absolute atomic E-state index is 14.5. The fraction of sp³-hybridized carbons (Fsp3) is 0.487. The van der Waals surface area contributed by atoms with Gasteiger partial charge in [0.15, 0.2) is 5.65 Å². The van der Waals surface area contributed by atoms with Gasteiger partial charge in [-0.05, 0) is 88.3 Å². The zero-order chi connectivity index (χ0) is 35.4. The maximum Gasteiger partial charge on any atom is 0.337 e. The number of halogens is 1. The first kappa shape index (κ1) is 35.6. The Morgan fingerprint density at radius 1 is 0.940 bits per heavy atom. The SMILES string of the molecule is CCN(CC)C(=O)CNC1CCC(n2c(=O)c3cc(F)cnc3n(-c3cccc(-c4ccc(CN5CCN(C(C)C)CC5)cc4)c3)c2=O)CC1. The van der Waals surface area contributed by atoms with E-state index in [1.807, 2.05) is 38.1 Å². The number of nitrogens with one attached hydrogen (secondary N) is 1. The highest BCUT2D eigenvalue weighted by Gasteiger charge is 2.28. The first-order valence-corrected chi connectivity index (χ1v) is 18.2. The van der Waals surface area contributed by atoms with Crippen molar-refractivity contribution >= 4 is 16.9 Å². The second-order valence-electron chi connectivity index (χ2n) is 13.9. The Balaban J connectivity index is 1.23. The van der Waals surface area contributed by atoms with Crippen LogP contribution in [0, 0.1) is 5.82 Å². The van der Waals surface area contributed by atoms with Gasteiger partial charge in [0.05, 0.1) is 23.8 Å². The average molecular weight is 684 g/mol. The lowest BCUT2D eigenvalue weighted by Crippen LogP contribution is -2.48. The van der Waals surface area contributed by atoms with Gasteiger partial charge in [-0.15, -0.1) is 0 Å². The van der Waals surface area contributed by atoms with Crippen molar-refractivity contribution in [2.75, 3.05) is 45.8 Å². The van der Waals surface area contributed by atoms with Crippen LogP contribution in [0.2, 0.25) is 0 Å². The molecule has 0 radical (unpaired) electrons. The molecule has 0 bridgehead atoms. The predicted molar refractivity (Wildman–Crippen MR) is 196 cm³/mol. The van der Waals surface area contributed by atoms with Crippen LogP contribution in [0.5, 0.6) is 0 Å². The molecule has 0 unspecified atom stereocenters. The number of fused-ring (bicyclic) bond motifs is 1. The molecule has 1 saturated carbocycles. The van der Waals surface area contributed by atoms with Gasteiger partial charge in [-0.2, -0.15) is 0 Å². The molecular formula is C39H50FN7O3. The summed E-state index contributed by atoms with van der Waals surface area (Å²) in [6, 6.07) is 17.7. The molecule has 1 aliphatic carbocycles. The Morgan fingerprint density at radius 3 is 2.30 bits per heavy atom. The van der Waals surface area contributed by atoms with Crippen molar-refractivity contribution < 1.29 is 9.18 Å². The van der Waals surface area contributed by atoms with Crippen molar-refractivity contribution in [2.45, 2.75) is 78.0 Å². The Hall–Kier alpha value is -4.19. The number of amides is 1. The average Bonchev–Trinajstić information content (AvgIpc) is 3.13. The minimum Gasteiger partial charge on any atom is -0.342 e. The molecule has 1 saturated heterocycles. The summed E-state index contributed by atoms with van der Waals surface area (Å²) in [5.74, 6) is -0.568. The van der Waals surface area contributed by atoms with Gasteiger partial charge in [-0.3, -0.25) is 24.0 Å². The lowest BCUT2D eigenvalue weighted by atomic mass is 9.91. The summed E-state index contributed by atoms with van der Waals surface area (Å²) in [5.41, 5.74) is 2.86. The molecule has 6 rings (SSSR count). The number of carbonyl (C=O) groups is 1. The molecule has 3 heterocycles. The normalized spacial score (nSPS) is 18.9. The first-order valence-electron chi connectivity index (χ1n) is 18.2. The van der Waals surface area contributed by atoms with Crippen molar-refractivity contribution in [3.05, 3.63) is 93.0 Å². The molecule has 1 N–H and O–H groups in total.